The van der Waals surface area contributed by atoms with E-state index in [0.717, 1.165) is 56.2 Å². The first kappa shape index (κ1) is 24.9. The van der Waals surface area contributed by atoms with Gasteiger partial charge < -0.3 is 15.5 Å². The molecule has 0 atom stereocenters. The number of amides is 1. The van der Waals surface area contributed by atoms with Crippen molar-refractivity contribution in [3.63, 3.8) is 0 Å². The van der Waals surface area contributed by atoms with Crippen LogP contribution in [0.2, 0.25) is 0 Å². The van der Waals surface area contributed by atoms with Crippen molar-refractivity contribution in [2.75, 3.05) is 26.2 Å². The molecule has 0 aliphatic heterocycles. The van der Waals surface area contributed by atoms with E-state index in [1.807, 2.05) is 60.0 Å². The molecule has 0 aliphatic carbocycles. The van der Waals surface area contributed by atoms with Gasteiger partial charge in [-0.25, -0.2) is 4.99 Å². The molecule has 0 unspecified atom stereocenters. The van der Waals surface area contributed by atoms with Gasteiger partial charge in [0.05, 0.1) is 6.54 Å². The van der Waals surface area contributed by atoms with E-state index in [1.165, 1.54) is 0 Å². The number of halogens is 1. The number of aryl methyl sites for hydroxylation is 1. The van der Waals surface area contributed by atoms with Crippen LogP contribution in [0.1, 0.15) is 43.1 Å². The number of hydrogen-bond donors (Lipinski definition) is 2. The van der Waals surface area contributed by atoms with Crippen LogP contribution in [0.15, 0.2) is 47.7 Å². The summed E-state index contributed by atoms with van der Waals surface area (Å²) in [5.74, 6) is 0.874. The molecule has 0 radical (unpaired) electrons. The standard InChI is InChI=1S/C21H32N6O.HI/c1-4-22-21(23-13-7-15-27-16-8-14-25-27)24-17-18-9-11-19(12-10-18)20(28)26(5-2)6-3;/h8-12,14,16H,4-7,13,15,17H2,1-3H3,(H2,22,23,24);1H. The number of nitrogens with zero attached hydrogens (tertiary/aromatic N) is 4. The molecule has 0 saturated carbocycles. The van der Waals surface area contributed by atoms with Gasteiger partial charge >= 0.3 is 0 Å². The summed E-state index contributed by atoms with van der Waals surface area (Å²) in [6.07, 6.45) is 4.72. The molecule has 2 aromatic rings. The van der Waals surface area contributed by atoms with Crippen LogP contribution in [-0.4, -0.2) is 52.7 Å². The molecule has 0 bridgehead atoms. The Balaban J connectivity index is 0.00000420. The van der Waals surface area contributed by atoms with E-state index in [4.69, 9.17) is 0 Å². The molecular weight excluding hydrogens is 479 g/mol. The van der Waals surface area contributed by atoms with Crippen molar-refractivity contribution in [2.45, 2.75) is 40.3 Å². The Morgan fingerprint density at radius 2 is 1.86 bits per heavy atom. The molecule has 7 nitrogen and oxygen atoms in total. The minimum absolute atomic E-state index is 0. The highest BCUT2D eigenvalue weighted by Gasteiger charge is 2.11. The van der Waals surface area contributed by atoms with E-state index in [2.05, 4.69) is 27.6 Å². The van der Waals surface area contributed by atoms with Crippen molar-refractivity contribution in [2.24, 2.45) is 4.99 Å². The Bertz CT molecular complexity index is 726. The first-order chi connectivity index (χ1) is 13.7. The Hall–Kier alpha value is -2.10. The second-order valence-corrected chi connectivity index (χ2v) is 6.42. The second kappa shape index (κ2) is 14.0. The van der Waals surface area contributed by atoms with Crippen LogP contribution in [0.4, 0.5) is 0 Å². The lowest BCUT2D eigenvalue weighted by Gasteiger charge is -2.18. The molecule has 160 valence electrons. The summed E-state index contributed by atoms with van der Waals surface area (Å²) in [6.45, 7) is 10.6. The maximum Gasteiger partial charge on any atom is 0.253 e. The maximum atomic E-state index is 12.4. The molecule has 8 heteroatoms. The molecule has 1 amide bonds. The SMILES string of the molecule is CCNC(=NCc1ccc(C(=O)N(CC)CC)cc1)NCCCn1cccn1.I. The van der Waals surface area contributed by atoms with Crippen LogP contribution in [-0.2, 0) is 13.1 Å². The summed E-state index contributed by atoms with van der Waals surface area (Å²) < 4.78 is 1.92. The van der Waals surface area contributed by atoms with E-state index in [1.54, 1.807) is 6.20 Å². The van der Waals surface area contributed by atoms with E-state index < -0.39 is 0 Å². The predicted octanol–water partition coefficient (Wildman–Crippen LogP) is 3.13. The summed E-state index contributed by atoms with van der Waals surface area (Å²) in [7, 11) is 0. The van der Waals surface area contributed by atoms with Gasteiger partial charge in [0.1, 0.15) is 0 Å². The summed E-state index contributed by atoms with van der Waals surface area (Å²) in [5, 5.41) is 10.8. The van der Waals surface area contributed by atoms with Gasteiger partial charge in [-0.1, -0.05) is 12.1 Å². The number of hydrogen-bond acceptors (Lipinski definition) is 3. The largest absolute Gasteiger partial charge is 0.357 e. The Morgan fingerprint density at radius 3 is 2.45 bits per heavy atom. The van der Waals surface area contributed by atoms with Gasteiger partial charge in [0.15, 0.2) is 5.96 Å². The molecular formula is C21H33IN6O. The molecule has 1 aromatic heterocycles. The van der Waals surface area contributed by atoms with Crippen LogP contribution in [0, 0.1) is 0 Å². The Labute approximate surface area is 191 Å². The highest BCUT2D eigenvalue weighted by Crippen LogP contribution is 2.09. The fourth-order valence-corrected chi connectivity index (χ4v) is 2.84. The topological polar surface area (TPSA) is 74.6 Å². The number of guanidine groups is 1. The van der Waals surface area contributed by atoms with Crippen molar-refractivity contribution in [3.05, 3.63) is 53.9 Å². The van der Waals surface area contributed by atoms with Gasteiger partial charge in [-0.15, -0.1) is 24.0 Å². The normalized spacial score (nSPS) is 10.9. The third-order valence-corrected chi connectivity index (χ3v) is 4.43. The van der Waals surface area contributed by atoms with Crippen LogP contribution in [0.25, 0.3) is 0 Å². The summed E-state index contributed by atoms with van der Waals surface area (Å²) >= 11 is 0. The number of carbonyl (C=O) groups is 1. The van der Waals surface area contributed by atoms with Crippen molar-refractivity contribution in [1.82, 2.24) is 25.3 Å². The highest BCUT2D eigenvalue weighted by molar-refractivity contribution is 14.0. The van der Waals surface area contributed by atoms with Crippen molar-refractivity contribution in [1.29, 1.82) is 0 Å². The quantitative estimate of drug-likeness (QED) is 0.222. The van der Waals surface area contributed by atoms with Crippen LogP contribution >= 0.6 is 24.0 Å². The number of benzene rings is 1. The van der Waals surface area contributed by atoms with E-state index >= 15 is 0 Å². The lowest BCUT2D eigenvalue weighted by atomic mass is 10.1. The first-order valence-corrected chi connectivity index (χ1v) is 10.1. The summed E-state index contributed by atoms with van der Waals surface area (Å²) in [5.41, 5.74) is 1.80. The number of nitrogens with one attached hydrogen (secondary N) is 2. The molecule has 1 heterocycles. The van der Waals surface area contributed by atoms with Gasteiger partial charge in [0, 0.05) is 50.7 Å². The Morgan fingerprint density at radius 1 is 1.14 bits per heavy atom. The average Bonchev–Trinajstić information content (AvgIpc) is 3.24. The van der Waals surface area contributed by atoms with Crippen molar-refractivity contribution < 1.29 is 4.79 Å². The van der Waals surface area contributed by atoms with Gasteiger partial charge in [-0.05, 0) is 51.0 Å². The van der Waals surface area contributed by atoms with Gasteiger partial charge in [-0.3, -0.25) is 9.48 Å². The van der Waals surface area contributed by atoms with Crippen molar-refractivity contribution >= 4 is 35.8 Å². The lowest BCUT2D eigenvalue weighted by Crippen LogP contribution is -2.38. The molecule has 1 aromatic carbocycles. The zero-order valence-corrected chi connectivity index (χ0v) is 19.9. The predicted molar refractivity (Wildman–Crippen MR) is 129 cm³/mol. The van der Waals surface area contributed by atoms with E-state index in [9.17, 15) is 4.79 Å². The third-order valence-electron chi connectivity index (χ3n) is 4.43. The lowest BCUT2D eigenvalue weighted by molar-refractivity contribution is 0.0773. The average molecular weight is 512 g/mol. The van der Waals surface area contributed by atoms with Crippen LogP contribution < -0.4 is 10.6 Å². The number of aliphatic imine (C=N–C) groups is 1. The third kappa shape index (κ3) is 8.43. The Kier molecular flexibility index (Phi) is 12.0. The van der Waals surface area contributed by atoms with Gasteiger partial charge in [0.25, 0.3) is 5.91 Å². The fraction of sp³-hybridized carbons (Fsp3) is 0.476. The number of rotatable bonds is 10. The monoisotopic (exact) mass is 512 g/mol. The summed E-state index contributed by atoms with van der Waals surface area (Å²) in [6, 6.07) is 9.65. The highest BCUT2D eigenvalue weighted by atomic mass is 127. The number of aromatic nitrogens is 2. The van der Waals surface area contributed by atoms with E-state index in [-0.39, 0.29) is 29.9 Å². The molecule has 29 heavy (non-hydrogen) atoms. The molecule has 2 rings (SSSR count). The second-order valence-electron chi connectivity index (χ2n) is 6.42. The van der Waals surface area contributed by atoms with Crippen LogP contribution in [0.5, 0.6) is 0 Å². The zero-order valence-electron chi connectivity index (χ0n) is 17.6. The first-order valence-electron chi connectivity index (χ1n) is 10.1. The molecule has 0 aliphatic rings. The fourth-order valence-electron chi connectivity index (χ4n) is 2.84. The summed E-state index contributed by atoms with van der Waals surface area (Å²) in [4.78, 5) is 18.8. The minimum Gasteiger partial charge on any atom is -0.357 e. The minimum atomic E-state index is 0. The molecule has 0 saturated heterocycles. The van der Waals surface area contributed by atoms with Gasteiger partial charge in [0.2, 0.25) is 0 Å². The smallest absolute Gasteiger partial charge is 0.253 e. The van der Waals surface area contributed by atoms with Crippen molar-refractivity contribution in [3.8, 4) is 0 Å². The maximum absolute atomic E-state index is 12.4. The molecule has 0 spiro atoms. The van der Waals surface area contributed by atoms with Crippen LogP contribution in [0.3, 0.4) is 0 Å². The van der Waals surface area contributed by atoms with Gasteiger partial charge in [-0.2, -0.15) is 5.10 Å². The molecule has 2 N–H and O–H groups in total. The zero-order chi connectivity index (χ0) is 20.2. The number of carbonyl (C=O) groups excluding carboxylic acids is 1. The van der Waals surface area contributed by atoms with E-state index in [0.29, 0.717) is 6.54 Å². The molecule has 0 fully saturated rings.